The van der Waals surface area contributed by atoms with E-state index < -0.39 is 0 Å². The first-order chi connectivity index (χ1) is 8.68. The predicted octanol–water partition coefficient (Wildman–Crippen LogP) is 4.03. The summed E-state index contributed by atoms with van der Waals surface area (Å²) >= 11 is 5.96. The fourth-order valence-electron chi connectivity index (χ4n) is 3.46. The van der Waals surface area contributed by atoms with Crippen LogP contribution in [0.1, 0.15) is 31.2 Å². The van der Waals surface area contributed by atoms with Crippen molar-refractivity contribution >= 4 is 17.4 Å². The van der Waals surface area contributed by atoms with Crippen LogP contribution in [0.5, 0.6) is 0 Å². The van der Waals surface area contributed by atoms with Gasteiger partial charge in [0, 0.05) is 22.9 Å². The quantitative estimate of drug-likeness (QED) is 0.807. The van der Waals surface area contributed by atoms with Gasteiger partial charge in [-0.2, -0.15) is 0 Å². The van der Waals surface area contributed by atoms with Crippen LogP contribution in [0.25, 0.3) is 0 Å². The third-order valence-electron chi connectivity index (χ3n) is 4.44. The largest absolute Gasteiger partial charge is 0.299 e. The van der Waals surface area contributed by atoms with Gasteiger partial charge in [-0.25, -0.2) is 4.39 Å². The smallest absolute Gasteiger partial charge is 0.141 e. The van der Waals surface area contributed by atoms with Gasteiger partial charge in [0.15, 0.2) is 0 Å². The van der Waals surface area contributed by atoms with E-state index in [0.29, 0.717) is 22.4 Å². The monoisotopic (exact) mass is 266 g/mol. The summed E-state index contributed by atoms with van der Waals surface area (Å²) in [5.74, 6) is 1.16. The highest BCUT2D eigenvalue weighted by molar-refractivity contribution is 6.31. The van der Waals surface area contributed by atoms with Crippen LogP contribution in [-0.4, -0.2) is 5.78 Å². The highest BCUT2D eigenvalue weighted by Crippen LogP contribution is 2.56. The van der Waals surface area contributed by atoms with Gasteiger partial charge in [-0.3, -0.25) is 4.79 Å². The molecule has 0 amide bonds. The van der Waals surface area contributed by atoms with Gasteiger partial charge in [0.05, 0.1) is 0 Å². The Balaban J connectivity index is 1.72. The molecule has 0 saturated heterocycles. The van der Waals surface area contributed by atoms with Crippen LogP contribution in [0, 0.1) is 23.6 Å². The molecule has 2 unspecified atom stereocenters. The van der Waals surface area contributed by atoms with Crippen LogP contribution in [0.15, 0.2) is 18.2 Å². The van der Waals surface area contributed by atoms with Gasteiger partial charge in [0.1, 0.15) is 11.6 Å². The van der Waals surface area contributed by atoms with E-state index in [1.54, 1.807) is 12.1 Å². The molecule has 1 aromatic rings. The second-order valence-corrected chi connectivity index (χ2v) is 5.89. The molecule has 3 heteroatoms. The van der Waals surface area contributed by atoms with E-state index in [1.165, 1.54) is 31.7 Å². The molecule has 0 radical (unpaired) electrons. The van der Waals surface area contributed by atoms with Crippen LogP contribution in [0.2, 0.25) is 5.02 Å². The lowest BCUT2D eigenvalue weighted by Crippen LogP contribution is -2.09. The van der Waals surface area contributed by atoms with Crippen molar-refractivity contribution in [2.24, 2.45) is 17.8 Å². The van der Waals surface area contributed by atoms with E-state index in [1.807, 2.05) is 0 Å². The molecule has 3 rings (SSSR count). The van der Waals surface area contributed by atoms with E-state index >= 15 is 0 Å². The molecule has 96 valence electrons. The zero-order valence-corrected chi connectivity index (χ0v) is 10.9. The first-order valence-corrected chi connectivity index (χ1v) is 7.02. The van der Waals surface area contributed by atoms with E-state index in [2.05, 4.69) is 0 Å². The van der Waals surface area contributed by atoms with E-state index in [0.717, 1.165) is 0 Å². The number of hydrogen-bond donors (Lipinski definition) is 0. The molecule has 2 aliphatic carbocycles. The molecule has 0 N–H and O–H groups in total. The molecule has 0 aromatic heterocycles. The molecule has 2 fully saturated rings. The Morgan fingerprint density at radius 2 is 1.94 bits per heavy atom. The first-order valence-electron chi connectivity index (χ1n) is 6.64. The highest BCUT2D eigenvalue weighted by Gasteiger charge is 2.54. The zero-order valence-electron chi connectivity index (χ0n) is 10.2. The molecule has 0 bridgehead atoms. The third-order valence-corrected chi connectivity index (χ3v) is 4.80. The summed E-state index contributed by atoms with van der Waals surface area (Å²) in [5.41, 5.74) is 0.368. The van der Waals surface area contributed by atoms with Crippen LogP contribution in [0.3, 0.4) is 0 Å². The number of hydrogen-bond acceptors (Lipinski definition) is 1. The van der Waals surface area contributed by atoms with E-state index in [-0.39, 0.29) is 23.9 Å². The van der Waals surface area contributed by atoms with Gasteiger partial charge in [-0.05, 0) is 36.8 Å². The van der Waals surface area contributed by atoms with Gasteiger partial charge in [-0.1, -0.05) is 30.5 Å². The number of ketones is 1. The number of carbonyl (C=O) groups is 1. The number of fused-ring (bicyclic) bond motifs is 1. The maximum atomic E-state index is 13.6. The van der Waals surface area contributed by atoms with Crippen LogP contribution < -0.4 is 0 Å². The number of benzene rings is 1. The molecular weight excluding hydrogens is 251 g/mol. The molecule has 2 aliphatic rings. The summed E-state index contributed by atoms with van der Waals surface area (Å²) in [6.07, 6.45) is 4.98. The standard InChI is InChI=1S/C15H16ClFO/c16-12-6-3-7-13(17)11(12)8-14(18)15-9-4-1-2-5-10(9)15/h3,6-7,9-10,15H,1-2,4-5,8H2. The zero-order chi connectivity index (χ0) is 12.7. The minimum Gasteiger partial charge on any atom is -0.299 e. The number of rotatable bonds is 3. The summed E-state index contributed by atoms with van der Waals surface area (Å²) < 4.78 is 13.6. The molecule has 1 aromatic carbocycles. The lowest BCUT2D eigenvalue weighted by atomic mass is 10.0. The molecule has 0 spiro atoms. The SMILES string of the molecule is O=C(Cc1c(F)cccc1Cl)C1C2CCCCC21. The molecule has 0 heterocycles. The van der Waals surface area contributed by atoms with E-state index in [4.69, 9.17) is 11.6 Å². The normalized spacial score (nSPS) is 29.8. The number of Topliss-reactive ketones (excluding diaryl/α,β-unsaturated/α-hetero) is 1. The summed E-state index contributed by atoms with van der Waals surface area (Å²) in [6, 6.07) is 4.59. The Bertz CT molecular complexity index is 453. The highest BCUT2D eigenvalue weighted by atomic mass is 35.5. The maximum Gasteiger partial charge on any atom is 0.141 e. The first kappa shape index (κ1) is 12.2. The topological polar surface area (TPSA) is 17.1 Å². The second kappa shape index (κ2) is 4.65. The summed E-state index contributed by atoms with van der Waals surface area (Å²) in [6.45, 7) is 0. The Morgan fingerprint density at radius 3 is 2.56 bits per heavy atom. The molecule has 2 saturated carbocycles. The van der Waals surface area contributed by atoms with Gasteiger partial charge >= 0.3 is 0 Å². The van der Waals surface area contributed by atoms with Gasteiger partial charge in [0.2, 0.25) is 0 Å². The lowest BCUT2D eigenvalue weighted by molar-refractivity contribution is -0.120. The average molecular weight is 267 g/mol. The molecule has 1 nitrogen and oxygen atoms in total. The van der Waals surface area contributed by atoms with Crippen LogP contribution in [0.4, 0.5) is 4.39 Å². The van der Waals surface area contributed by atoms with Crippen molar-refractivity contribution in [3.63, 3.8) is 0 Å². The second-order valence-electron chi connectivity index (χ2n) is 5.48. The number of carbonyl (C=O) groups excluding carboxylic acids is 1. The minimum atomic E-state index is -0.362. The Labute approximate surface area is 111 Å². The summed E-state index contributed by atoms with van der Waals surface area (Å²) in [7, 11) is 0. The fraction of sp³-hybridized carbons (Fsp3) is 0.533. The van der Waals surface area contributed by atoms with Gasteiger partial charge in [-0.15, -0.1) is 0 Å². The Kier molecular flexibility index (Phi) is 3.14. The van der Waals surface area contributed by atoms with Crippen molar-refractivity contribution in [2.45, 2.75) is 32.1 Å². The molecule has 18 heavy (non-hydrogen) atoms. The fourth-order valence-corrected chi connectivity index (χ4v) is 3.69. The summed E-state index contributed by atoms with van der Waals surface area (Å²) in [4.78, 5) is 12.2. The predicted molar refractivity (Wildman–Crippen MR) is 69.1 cm³/mol. The minimum absolute atomic E-state index is 0.156. The van der Waals surface area contributed by atoms with Crippen LogP contribution >= 0.6 is 11.6 Å². The van der Waals surface area contributed by atoms with Crippen molar-refractivity contribution in [3.05, 3.63) is 34.6 Å². The summed E-state index contributed by atoms with van der Waals surface area (Å²) in [5, 5.41) is 0.368. The molecular formula is C15H16ClFO. The van der Waals surface area contributed by atoms with Crippen molar-refractivity contribution in [1.82, 2.24) is 0 Å². The maximum absolute atomic E-state index is 13.6. The third kappa shape index (κ3) is 2.07. The molecule has 2 atom stereocenters. The van der Waals surface area contributed by atoms with Crippen LogP contribution in [-0.2, 0) is 11.2 Å². The van der Waals surface area contributed by atoms with Crippen molar-refractivity contribution in [1.29, 1.82) is 0 Å². The Morgan fingerprint density at radius 1 is 1.28 bits per heavy atom. The van der Waals surface area contributed by atoms with E-state index in [9.17, 15) is 9.18 Å². The van der Waals surface area contributed by atoms with Crippen molar-refractivity contribution in [2.75, 3.05) is 0 Å². The van der Waals surface area contributed by atoms with Gasteiger partial charge in [0.25, 0.3) is 0 Å². The Hall–Kier alpha value is -0.890. The van der Waals surface area contributed by atoms with Crippen molar-refractivity contribution in [3.8, 4) is 0 Å². The average Bonchev–Trinajstić information content (AvgIpc) is 3.08. The molecule has 0 aliphatic heterocycles. The lowest BCUT2D eigenvalue weighted by Gasteiger charge is -2.04. The van der Waals surface area contributed by atoms with Gasteiger partial charge < -0.3 is 0 Å². The van der Waals surface area contributed by atoms with Crippen molar-refractivity contribution < 1.29 is 9.18 Å². The number of halogens is 2.